The van der Waals surface area contributed by atoms with Crippen LogP contribution in [0, 0.1) is 20.2 Å². The van der Waals surface area contributed by atoms with Gasteiger partial charge < -0.3 is 10.1 Å². The first kappa shape index (κ1) is 22.1. The first-order valence-corrected chi connectivity index (χ1v) is 9.52. The van der Waals surface area contributed by atoms with E-state index in [1.807, 2.05) is 0 Å². The SMILES string of the molecule is CCCCCCOC(=O)C1=C(C)NC(C)=C([N+](=O)[O-])C1c1cccc([N+](=O)[O-])c1. The zero-order valence-corrected chi connectivity index (χ0v) is 16.8. The van der Waals surface area contributed by atoms with Crippen LogP contribution in [0.2, 0.25) is 0 Å². The Morgan fingerprint density at radius 3 is 2.45 bits per heavy atom. The molecule has 0 radical (unpaired) electrons. The van der Waals surface area contributed by atoms with Gasteiger partial charge in [0.25, 0.3) is 11.4 Å². The normalized spacial score (nSPS) is 16.4. The predicted molar refractivity (Wildman–Crippen MR) is 106 cm³/mol. The zero-order valence-electron chi connectivity index (χ0n) is 16.8. The fourth-order valence-electron chi connectivity index (χ4n) is 3.41. The molecular weight excluding hydrogens is 378 g/mol. The Morgan fingerprint density at radius 1 is 1.10 bits per heavy atom. The average molecular weight is 403 g/mol. The van der Waals surface area contributed by atoms with E-state index in [1.54, 1.807) is 19.9 Å². The van der Waals surface area contributed by atoms with E-state index < -0.39 is 21.7 Å². The molecule has 0 amide bonds. The van der Waals surface area contributed by atoms with Gasteiger partial charge in [-0.1, -0.05) is 38.3 Å². The Hall–Kier alpha value is -3.23. The summed E-state index contributed by atoms with van der Waals surface area (Å²) in [5.41, 5.74) is 0.675. The second-order valence-corrected chi connectivity index (χ2v) is 6.91. The molecule has 0 aromatic heterocycles. The molecule has 9 nitrogen and oxygen atoms in total. The van der Waals surface area contributed by atoms with Gasteiger partial charge >= 0.3 is 5.97 Å². The summed E-state index contributed by atoms with van der Waals surface area (Å²) in [5.74, 6) is -1.72. The van der Waals surface area contributed by atoms with Gasteiger partial charge in [0.2, 0.25) is 0 Å². The molecule has 0 saturated heterocycles. The van der Waals surface area contributed by atoms with Crippen LogP contribution in [-0.4, -0.2) is 22.4 Å². The van der Waals surface area contributed by atoms with Crippen molar-refractivity contribution in [2.75, 3.05) is 6.61 Å². The first-order valence-electron chi connectivity index (χ1n) is 9.52. The van der Waals surface area contributed by atoms with Crippen molar-refractivity contribution in [2.24, 2.45) is 0 Å². The summed E-state index contributed by atoms with van der Waals surface area (Å²) in [7, 11) is 0. The number of carbonyl (C=O) groups excluding carboxylic acids is 1. The smallest absolute Gasteiger partial charge is 0.336 e. The maximum Gasteiger partial charge on any atom is 0.336 e. The van der Waals surface area contributed by atoms with Crippen LogP contribution in [-0.2, 0) is 9.53 Å². The third-order valence-corrected chi connectivity index (χ3v) is 4.79. The molecule has 1 aromatic rings. The number of allylic oxidation sites excluding steroid dienone is 3. The second-order valence-electron chi connectivity index (χ2n) is 6.91. The van der Waals surface area contributed by atoms with Crippen LogP contribution in [0.25, 0.3) is 0 Å². The summed E-state index contributed by atoms with van der Waals surface area (Å²) in [4.78, 5) is 34.6. The molecule has 0 spiro atoms. The Kier molecular flexibility index (Phi) is 7.46. The Labute approximate surface area is 168 Å². The van der Waals surface area contributed by atoms with E-state index >= 15 is 0 Å². The lowest BCUT2D eigenvalue weighted by molar-refractivity contribution is -0.431. The van der Waals surface area contributed by atoms with Gasteiger partial charge in [0.1, 0.15) is 5.92 Å². The highest BCUT2D eigenvalue weighted by atomic mass is 16.6. The molecule has 1 N–H and O–H groups in total. The number of esters is 1. The summed E-state index contributed by atoms with van der Waals surface area (Å²) in [6.45, 7) is 5.47. The minimum Gasteiger partial charge on any atom is -0.462 e. The van der Waals surface area contributed by atoms with Crippen molar-refractivity contribution >= 4 is 11.7 Å². The van der Waals surface area contributed by atoms with Crippen LogP contribution in [0.1, 0.15) is 57.9 Å². The number of hydrogen-bond acceptors (Lipinski definition) is 7. The number of hydrogen-bond donors (Lipinski definition) is 1. The number of nitrogens with zero attached hydrogens (tertiary/aromatic N) is 2. The van der Waals surface area contributed by atoms with Crippen LogP contribution >= 0.6 is 0 Å². The average Bonchev–Trinajstić information content (AvgIpc) is 2.66. The maximum atomic E-state index is 12.8. The van der Waals surface area contributed by atoms with Gasteiger partial charge in [0.15, 0.2) is 0 Å². The number of ether oxygens (including phenoxy) is 1. The summed E-state index contributed by atoms with van der Waals surface area (Å²) in [6, 6.07) is 5.55. The van der Waals surface area contributed by atoms with Crippen LogP contribution < -0.4 is 5.32 Å². The molecule has 29 heavy (non-hydrogen) atoms. The second kappa shape index (κ2) is 9.81. The van der Waals surface area contributed by atoms with E-state index in [2.05, 4.69) is 12.2 Å². The van der Waals surface area contributed by atoms with Gasteiger partial charge in [-0.05, 0) is 25.8 Å². The van der Waals surface area contributed by atoms with Crippen LogP contribution in [0.5, 0.6) is 0 Å². The lowest BCUT2D eigenvalue weighted by atomic mass is 9.84. The van der Waals surface area contributed by atoms with Gasteiger partial charge in [-0.25, -0.2) is 4.79 Å². The van der Waals surface area contributed by atoms with Crippen molar-refractivity contribution in [3.8, 4) is 0 Å². The quantitative estimate of drug-likeness (QED) is 0.284. The molecule has 0 bridgehead atoms. The monoisotopic (exact) mass is 403 g/mol. The predicted octanol–water partition coefficient (Wildman–Crippen LogP) is 4.19. The molecule has 0 fully saturated rings. The molecule has 1 aromatic carbocycles. The topological polar surface area (TPSA) is 125 Å². The highest BCUT2D eigenvalue weighted by Gasteiger charge is 2.41. The van der Waals surface area contributed by atoms with Gasteiger partial charge in [-0.15, -0.1) is 0 Å². The zero-order chi connectivity index (χ0) is 21.6. The maximum absolute atomic E-state index is 12.8. The molecule has 1 atom stereocenters. The minimum atomic E-state index is -1.06. The largest absolute Gasteiger partial charge is 0.462 e. The molecule has 9 heteroatoms. The number of carbonyl (C=O) groups is 1. The minimum absolute atomic E-state index is 0.0956. The molecule has 1 unspecified atom stereocenters. The van der Waals surface area contributed by atoms with Crippen molar-refractivity contribution in [1.82, 2.24) is 5.32 Å². The van der Waals surface area contributed by atoms with E-state index in [-0.39, 0.29) is 29.3 Å². The highest BCUT2D eigenvalue weighted by Crippen LogP contribution is 2.39. The fraction of sp³-hybridized carbons (Fsp3) is 0.450. The van der Waals surface area contributed by atoms with Crippen molar-refractivity contribution in [3.63, 3.8) is 0 Å². The van der Waals surface area contributed by atoms with E-state index in [9.17, 15) is 25.0 Å². The number of dihydropyridines is 1. The number of nitro benzene ring substituents is 1. The number of benzene rings is 1. The highest BCUT2D eigenvalue weighted by molar-refractivity contribution is 5.92. The third-order valence-electron chi connectivity index (χ3n) is 4.79. The van der Waals surface area contributed by atoms with Gasteiger partial charge in [-0.3, -0.25) is 20.2 Å². The third kappa shape index (κ3) is 5.18. The Bertz CT molecular complexity index is 875. The van der Waals surface area contributed by atoms with Gasteiger partial charge in [-0.2, -0.15) is 0 Å². The Balaban J connectivity index is 2.42. The molecule has 1 aliphatic rings. The van der Waals surface area contributed by atoms with Crippen LogP contribution in [0.4, 0.5) is 5.69 Å². The van der Waals surface area contributed by atoms with Crippen LogP contribution in [0.3, 0.4) is 0 Å². The lowest BCUT2D eigenvalue weighted by Gasteiger charge is -2.26. The first-order chi connectivity index (χ1) is 13.8. The molecule has 2 rings (SSSR count). The molecule has 1 heterocycles. The fourth-order valence-corrected chi connectivity index (χ4v) is 3.41. The van der Waals surface area contributed by atoms with E-state index in [0.717, 1.165) is 19.3 Å². The molecule has 1 aliphatic heterocycles. The van der Waals surface area contributed by atoms with E-state index in [0.29, 0.717) is 17.7 Å². The molecular formula is C20H25N3O6. The van der Waals surface area contributed by atoms with Crippen molar-refractivity contribution in [1.29, 1.82) is 0 Å². The summed E-state index contributed by atoms with van der Waals surface area (Å²) in [5, 5.41) is 25.8. The van der Waals surface area contributed by atoms with Crippen molar-refractivity contribution in [2.45, 2.75) is 52.4 Å². The molecule has 0 saturated carbocycles. The number of nitro groups is 2. The number of nitrogens with one attached hydrogen (secondary N) is 1. The summed E-state index contributed by atoms with van der Waals surface area (Å²) < 4.78 is 5.38. The van der Waals surface area contributed by atoms with Crippen molar-refractivity contribution in [3.05, 3.63) is 72.7 Å². The number of rotatable bonds is 9. The lowest BCUT2D eigenvalue weighted by Crippen LogP contribution is -2.31. The summed E-state index contributed by atoms with van der Waals surface area (Å²) in [6.07, 6.45) is 3.71. The van der Waals surface area contributed by atoms with Crippen molar-refractivity contribution < 1.29 is 19.4 Å². The number of unbranched alkanes of at least 4 members (excludes halogenated alkanes) is 3. The van der Waals surface area contributed by atoms with E-state index in [1.165, 1.54) is 18.2 Å². The molecule has 156 valence electrons. The standard InChI is InChI=1S/C20H25N3O6/c1-4-5-6-7-11-29-20(24)17-13(2)21-14(3)19(23(27)28)18(17)15-9-8-10-16(12-15)22(25)26/h8-10,12,18,21H,4-7,11H2,1-3H3. The Morgan fingerprint density at radius 2 is 1.83 bits per heavy atom. The number of non-ortho nitro benzene ring substituents is 1. The van der Waals surface area contributed by atoms with Crippen LogP contribution in [0.15, 0.2) is 46.9 Å². The summed E-state index contributed by atoms with van der Waals surface area (Å²) >= 11 is 0. The van der Waals surface area contributed by atoms with Gasteiger partial charge in [0, 0.05) is 17.8 Å². The van der Waals surface area contributed by atoms with E-state index in [4.69, 9.17) is 4.74 Å². The molecule has 0 aliphatic carbocycles. The van der Waals surface area contributed by atoms with Gasteiger partial charge in [0.05, 0.1) is 27.7 Å².